The van der Waals surface area contributed by atoms with E-state index in [1.165, 1.54) is 32.1 Å². The van der Waals surface area contributed by atoms with Crippen LogP contribution < -0.4 is 0 Å². The van der Waals surface area contributed by atoms with Gasteiger partial charge in [-0.1, -0.05) is 38.2 Å². The molecule has 6 atom stereocenters. The number of allylic oxidation sites excluding steroid dienone is 3. The fraction of sp³-hybridized carbons (Fsp3) is 0.769. The highest BCUT2D eigenvalue weighted by atomic mass is 16.5. The number of aliphatic hydroxyl groups excluding tert-OH is 2. The van der Waals surface area contributed by atoms with Crippen LogP contribution in [-0.4, -0.2) is 35.1 Å². The number of aliphatic hydroxyl groups is 2. The standard InChI is InChI=1S/C26H42O3/c1-17(2)29-14-12-18(3)23-10-11-24-20(7-6-13-26(23,24)5)8-9-21-15-22(27)16-25(28)19(21)4/h8-9,17-18,22-25,27-28H,4,6-7,10-16H2,1-3,5H3/b20-8+,21-9+/t18-,22-,23-,24+,25+,26-/m1/s1. The van der Waals surface area contributed by atoms with Crippen LogP contribution in [0.4, 0.5) is 0 Å². The molecule has 0 heterocycles. The Balaban J connectivity index is 1.71. The Morgan fingerprint density at radius 2 is 1.97 bits per heavy atom. The average molecular weight is 403 g/mol. The van der Waals surface area contributed by atoms with Crippen molar-refractivity contribution in [2.45, 2.75) is 97.4 Å². The fourth-order valence-electron chi connectivity index (χ4n) is 6.37. The number of rotatable bonds is 6. The Bertz CT molecular complexity index is 646. The first-order valence-corrected chi connectivity index (χ1v) is 11.8. The Morgan fingerprint density at radius 3 is 2.69 bits per heavy atom. The molecule has 0 saturated heterocycles. The Labute approximate surface area is 177 Å². The number of hydrogen-bond donors (Lipinski definition) is 2. The second kappa shape index (κ2) is 9.49. The second-order valence-electron chi connectivity index (χ2n) is 10.3. The molecule has 0 amide bonds. The van der Waals surface area contributed by atoms with E-state index in [4.69, 9.17) is 4.74 Å². The van der Waals surface area contributed by atoms with E-state index in [1.807, 2.05) is 0 Å². The summed E-state index contributed by atoms with van der Waals surface area (Å²) in [5, 5.41) is 20.1. The van der Waals surface area contributed by atoms with Gasteiger partial charge >= 0.3 is 0 Å². The van der Waals surface area contributed by atoms with Crippen LogP contribution in [0, 0.1) is 23.2 Å². The summed E-state index contributed by atoms with van der Waals surface area (Å²) in [5.74, 6) is 2.14. The maximum atomic E-state index is 10.1. The molecule has 3 rings (SSSR count). The van der Waals surface area contributed by atoms with Gasteiger partial charge in [0.05, 0.1) is 18.3 Å². The molecule has 3 aliphatic carbocycles. The van der Waals surface area contributed by atoms with Gasteiger partial charge in [-0.15, -0.1) is 0 Å². The molecule has 0 aromatic carbocycles. The lowest BCUT2D eigenvalue weighted by atomic mass is 9.61. The molecule has 3 saturated carbocycles. The minimum Gasteiger partial charge on any atom is -0.393 e. The van der Waals surface area contributed by atoms with E-state index in [2.05, 4.69) is 46.4 Å². The second-order valence-corrected chi connectivity index (χ2v) is 10.3. The lowest BCUT2D eigenvalue weighted by Crippen LogP contribution is -2.36. The molecule has 3 fully saturated rings. The third-order valence-corrected chi connectivity index (χ3v) is 8.01. The zero-order valence-corrected chi connectivity index (χ0v) is 19.0. The third kappa shape index (κ3) is 5.06. The van der Waals surface area contributed by atoms with Crippen molar-refractivity contribution in [1.82, 2.24) is 0 Å². The van der Waals surface area contributed by atoms with E-state index in [9.17, 15) is 10.2 Å². The third-order valence-electron chi connectivity index (χ3n) is 8.01. The quantitative estimate of drug-likeness (QED) is 0.610. The topological polar surface area (TPSA) is 49.7 Å². The Morgan fingerprint density at radius 1 is 1.21 bits per heavy atom. The van der Waals surface area contributed by atoms with Gasteiger partial charge in [-0.2, -0.15) is 0 Å². The van der Waals surface area contributed by atoms with Gasteiger partial charge in [-0.05, 0) is 93.1 Å². The summed E-state index contributed by atoms with van der Waals surface area (Å²) >= 11 is 0. The van der Waals surface area contributed by atoms with Crippen molar-refractivity contribution in [3.63, 3.8) is 0 Å². The van der Waals surface area contributed by atoms with Crippen LogP contribution in [-0.2, 0) is 4.74 Å². The molecule has 0 aromatic heterocycles. The molecule has 29 heavy (non-hydrogen) atoms. The molecular weight excluding hydrogens is 360 g/mol. The number of fused-ring (bicyclic) bond motifs is 1. The molecule has 0 aromatic rings. The predicted octanol–water partition coefficient (Wildman–Crippen LogP) is 5.58. The highest BCUT2D eigenvalue weighted by Gasteiger charge is 2.50. The van der Waals surface area contributed by atoms with Gasteiger partial charge in [-0.3, -0.25) is 0 Å². The summed E-state index contributed by atoms with van der Waals surface area (Å²) in [4.78, 5) is 0. The summed E-state index contributed by atoms with van der Waals surface area (Å²) in [6, 6.07) is 0. The number of hydrogen-bond acceptors (Lipinski definition) is 3. The van der Waals surface area contributed by atoms with Crippen molar-refractivity contribution in [2.24, 2.45) is 23.2 Å². The molecule has 3 heteroatoms. The first-order valence-electron chi connectivity index (χ1n) is 11.8. The molecule has 164 valence electrons. The van der Waals surface area contributed by atoms with Crippen molar-refractivity contribution in [1.29, 1.82) is 0 Å². The van der Waals surface area contributed by atoms with E-state index in [-0.39, 0.29) is 0 Å². The molecular formula is C26H42O3. The summed E-state index contributed by atoms with van der Waals surface area (Å²) in [6.45, 7) is 14.1. The van der Waals surface area contributed by atoms with Crippen LogP contribution in [0.3, 0.4) is 0 Å². The van der Waals surface area contributed by atoms with E-state index in [0.29, 0.717) is 36.2 Å². The van der Waals surface area contributed by atoms with Gasteiger partial charge in [0.1, 0.15) is 0 Å². The fourth-order valence-corrected chi connectivity index (χ4v) is 6.37. The van der Waals surface area contributed by atoms with Gasteiger partial charge in [0.25, 0.3) is 0 Å². The normalized spacial score (nSPS) is 39.3. The maximum absolute atomic E-state index is 10.1. The smallest absolute Gasteiger partial charge is 0.0811 e. The molecule has 3 nitrogen and oxygen atoms in total. The molecule has 0 radical (unpaired) electrons. The van der Waals surface area contributed by atoms with Gasteiger partial charge in [0, 0.05) is 13.0 Å². The van der Waals surface area contributed by atoms with Crippen LogP contribution in [0.1, 0.15) is 79.1 Å². The van der Waals surface area contributed by atoms with Crippen LogP contribution in [0.2, 0.25) is 0 Å². The first kappa shape index (κ1) is 22.8. The van der Waals surface area contributed by atoms with Crippen molar-refractivity contribution in [3.8, 4) is 0 Å². The van der Waals surface area contributed by atoms with Crippen molar-refractivity contribution >= 4 is 0 Å². The van der Waals surface area contributed by atoms with Gasteiger partial charge in [-0.25, -0.2) is 0 Å². The Kier molecular flexibility index (Phi) is 7.46. The minimum absolute atomic E-state index is 0.318. The molecule has 2 N–H and O–H groups in total. The van der Waals surface area contributed by atoms with Crippen LogP contribution in [0.25, 0.3) is 0 Å². The van der Waals surface area contributed by atoms with Crippen LogP contribution in [0.15, 0.2) is 35.5 Å². The Hall–Kier alpha value is -0.900. The average Bonchev–Trinajstić information content (AvgIpc) is 3.00. The summed E-state index contributed by atoms with van der Waals surface area (Å²) in [6.07, 6.45) is 12.3. The van der Waals surface area contributed by atoms with E-state index >= 15 is 0 Å². The SMILES string of the molecule is C=C1/C(=C/C=C2\CCC[C@]3(C)[C@@H]([C@H](C)CCOC(C)C)CC[C@@H]23)C[C@@H](O)C[C@@H]1O. The van der Waals surface area contributed by atoms with E-state index in [1.54, 1.807) is 5.57 Å². The molecule has 0 aliphatic heterocycles. The van der Waals surface area contributed by atoms with Crippen molar-refractivity contribution in [3.05, 3.63) is 35.5 Å². The summed E-state index contributed by atoms with van der Waals surface area (Å²) in [5.41, 5.74) is 3.77. The number of ether oxygens (including phenoxy) is 1. The molecule has 0 spiro atoms. The van der Waals surface area contributed by atoms with E-state index < -0.39 is 12.2 Å². The van der Waals surface area contributed by atoms with Crippen LogP contribution in [0.5, 0.6) is 0 Å². The highest BCUT2D eigenvalue weighted by Crippen LogP contribution is 2.59. The zero-order valence-electron chi connectivity index (χ0n) is 19.0. The lowest BCUT2D eigenvalue weighted by Gasteiger charge is -2.44. The lowest BCUT2D eigenvalue weighted by molar-refractivity contribution is 0.0437. The molecule has 3 aliphatic rings. The van der Waals surface area contributed by atoms with Gasteiger partial charge in [0.2, 0.25) is 0 Å². The largest absolute Gasteiger partial charge is 0.393 e. The predicted molar refractivity (Wildman–Crippen MR) is 120 cm³/mol. The molecule has 0 unspecified atom stereocenters. The summed E-state index contributed by atoms with van der Waals surface area (Å²) < 4.78 is 5.83. The van der Waals surface area contributed by atoms with E-state index in [0.717, 1.165) is 30.1 Å². The highest BCUT2D eigenvalue weighted by molar-refractivity contribution is 5.38. The first-order chi connectivity index (χ1) is 13.7. The van der Waals surface area contributed by atoms with Crippen molar-refractivity contribution in [2.75, 3.05) is 6.61 Å². The summed E-state index contributed by atoms with van der Waals surface area (Å²) in [7, 11) is 0. The van der Waals surface area contributed by atoms with Gasteiger partial charge < -0.3 is 14.9 Å². The zero-order chi connectivity index (χ0) is 21.2. The van der Waals surface area contributed by atoms with Crippen LogP contribution >= 0.6 is 0 Å². The van der Waals surface area contributed by atoms with Gasteiger partial charge in [0.15, 0.2) is 0 Å². The monoisotopic (exact) mass is 402 g/mol. The maximum Gasteiger partial charge on any atom is 0.0811 e. The molecule has 0 bridgehead atoms. The minimum atomic E-state index is -0.607. The van der Waals surface area contributed by atoms with Crippen molar-refractivity contribution < 1.29 is 14.9 Å².